The van der Waals surface area contributed by atoms with Gasteiger partial charge >= 0.3 is 6.03 Å². The molecule has 0 radical (unpaired) electrons. The molecule has 0 aliphatic carbocycles. The summed E-state index contributed by atoms with van der Waals surface area (Å²) in [5.74, 6) is 0.983. The molecule has 6 nitrogen and oxygen atoms in total. The Hall–Kier alpha value is -4.58. The van der Waals surface area contributed by atoms with Crippen LogP contribution in [0, 0.1) is 20.8 Å². The topological polar surface area (TPSA) is 55.1 Å². The third kappa shape index (κ3) is 4.42. The van der Waals surface area contributed by atoms with E-state index in [-0.39, 0.29) is 12.1 Å². The van der Waals surface area contributed by atoms with Gasteiger partial charge < -0.3 is 14.8 Å². The second-order valence-electron chi connectivity index (χ2n) is 10.3. The van der Waals surface area contributed by atoms with E-state index in [0.29, 0.717) is 6.54 Å². The van der Waals surface area contributed by atoms with Crippen molar-refractivity contribution in [2.24, 2.45) is 0 Å². The van der Waals surface area contributed by atoms with Crippen LogP contribution in [0.4, 0.5) is 10.5 Å². The molecule has 2 aromatic heterocycles. The second-order valence-corrected chi connectivity index (χ2v) is 10.3. The van der Waals surface area contributed by atoms with Gasteiger partial charge in [0, 0.05) is 17.4 Å². The number of hydrogen-bond donors (Lipinski definition) is 1. The molecule has 39 heavy (non-hydrogen) atoms. The van der Waals surface area contributed by atoms with Crippen molar-refractivity contribution in [2.45, 2.75) is 46.7 Å². The number of hydrogen-bond acceptors (Lipinski definition) is 2. The summed E-state index contributed by atoms with van der Waals surface area (Å²) in [5, 5.41) is 8.28. The molecule has 0 saturated carbocycles. The molecule has 1 unspecified atom stereocenters. The van der Waals surface area contributed by atoms with Gasteiger partial charge in [-0.15, -0.1) is 0 Å². The number of aryl methyl sites for hydroxylation is 4. The molecule has 1 aliphatic rings. The smallest absolute Gasteiger partial charge is 0.308 e. The first-order valence-corrected chi connectivity index (χ1v) is 13.5. The molecule has 2 amide bonds. The van der Waals surface area contributed by atoms with Crippen molar-refractivity contribution in [3.63, 3.8) is 0 Å². The Morgan fingerprint density at radius 3 is 2.38 bits per heavy atom. The van der Waals surface area contributed by atoms with Gasteiger partial charge in [0.1, 0.15) is 5.82 Å². The Bertz CT molecular complexity index is 1650. The van der Waals surface area contributed by atoms with Gasteiger partial charge in [0.25, 0.3) is 0 Å². The fourth-order valence-corrected chi connectivity index (χ4v) is 5.59. The van der Waals surface area contributed by atoms with Crippen LogP contribution in [0.1, 0.15) is 52.2 Å². The highest BCUT2D eigenvalue weighted by Crippen LogP contribution is 2.39. The lowest BCUT2D eigenvalue weighted by Gasteiger charge is -2.31. The Kier molecular flexibility index (Phi) is 6.31. The largest absolute Gasteiger partial charge is 0.322 e. The van der Waals surface area contributed by atoms with E-state index in [1.165, 1.54) is 11.1 Å². The molecular weight excluding hydrogens is 482 g/mol. The normalized spacial score (nSPS) is 14.5. The number of para-hydroxylation sites is 1. The first-order valence-electron chi connectivity index (χ1n) is 13.5. The third-order valence-corrected chi connectivity index (χ3v) is 7.58. The summed E-state index contributed by atoms with van der Waals surface area (Å²) in [5.41, 5.74) is 9.35. The molecule has 196 valence electrons. The molecule has 6 heteroatoms. The predicted molar refractivity (Wildman–Crippen MR) is 156 cm³/mol. The van der Waals surface area contributed by atoms with E-state index in [2.05, 4.69) is 91.4 Å². The molecule has 0 saturated heterocycles. The highest BCUT2D eigenvalue weighted by Gasteiger charge is 2.36. The van der Waals surface area contributed by atoms with Crippen molar-refractivity contribution in [2.75, 3.05) is 5.32 Å². The standard InChI is InChI=1S/C33H33N5O/c1-5-28-27-21-37(33(39)34-29-18-15-23(3)20-24(29)4)31(25-16-13-22(2)14-17-25)30-12-9-19-36(30)32(27)38(35-28)26-10-7-6-8-11-26/h6-20,31H,5,21H2,1-4H3,(H,34,39). The van der Waals surface area contributed by atoms with Gasteiger partial charge in [0.05, 0.1) is 29.7 Å². The Labute approximate surface area is 229 Å². The molecule has 1 aliphatic heterocycles. The lowest BCUT2D eigenvalue weighted by Crippen LogP contribution is -2.38. The monoisotopic (exact) mass is 515 g/mol. The van der Waals surface area contributed by atoms with E-state index in [4.69, 9.17) is 5.10 Å². The van der Waals surface area contributed by atoms with E-state index in [9.17, 15) is 4.79 Å². The highest BCUT2D eigenvalue weighted by atomic mass is 16.2. The van der Waals surface area contributed by atoms with Crippen LogP contribution in [-0.2, 0) is 13.0 Å². The van der Waals surface area contributed by atoms with Crippen molar-refractivity contribution < 1.29 is 4.79 Å². The number of anilines is 1. The minimum Gasteiger partial charge on any atom is -0.308 e. The average molecular weight is 516 g/mol. The highest BCUT2D eigenvalue weighted by molar-refractivity contribution is 5.91. The summed E-state index contributed by atoms with van der Waals surface area (Å²) in [7, 11) is 0. The second kappa shape index (κ2) is 9.95. The van der Waals surface area contributed by atoms with E-state index in [1.54, 1.807) is 0 Å². The first-order chi connectivity index (χ1) is 18.9. The van der Waals surface area contributed by atoms with Crippen LogP contribution >= 0.6 is 0 Å². The van der Waals surface area contributed by atoms with Crippen LogP contribution < -0.4 is 5.32 Å². The molecule has 5 aromatic rings. The van der Waals surface area contributed by atoms with Gasteiger partial charge in [-0.2, -0.15) is 5.10 Å². The molecule has 1 N–H and O–H groups in total. The number of fused-ring (bicyclic) bond motifs is 3. The fourth-order valence-electron chi connectivity index (χ4n) is 5.59. The zero-order valence-corrected chi connectivity index (χ0v) is 22.8. The lowest BCUT2D eigenvalue weighted by molar-refractivity contribution is 0.194. The molecule has 0 fully saturated rings. The Balaban J connectivity index is 1.54. The number of urea groups is 1. The van der Waals surface area contributed by atoms with Crippen molar-refractivity contribution >= 4 is 11.7 Å². The third-order valence-electron chi connectivity index (χ3n) is 7.58. The number of nitrogens with zero attached hydrogens (tertiary/aromatic N) is 4. The zero-order chi connectivity index (χ0) is 27.1. The molecule has 0 bridgehead atoms. The van der Waals surface area contributed by atoms with Crippen molar-refractivity contribution in [1.29, 1.82) is 0 Å². The molecule has 6 rings (SSSR count). The van der Waals surface area contributed by atoms with Gasteiger partial charge in [0.2, 0.25) is 0 Å². The minimum atomic E-state index is -0.285. The van der Waals surface area contributed by atoms with Gasteiger partial charge in [-0.3, -0.25) is 0 Å². The van der Waals surface area contributed by atoms with Gasteiger partial charge in [-0.25, -0.2) is 9.48 Å². The van der Waals surface area contributed by atoms with E-state index < -0.39 is 0 Å². The van der Waals surface area contributed by atoms with E-state index in [0.717, 1.165) is 51.7 Å². The van der Waals surface area contributed by atoms with E-state index >= 15 is 0 Å². The number of amides is 2. The molecule has 1 atom stereocenters. The van der Waals surface area contributed by atoms with Gasteiger partial charge in [0.15, 0.2) is 0 Å². The number of carbonyl (C=O) groups excluding carboxylic acids is 1. The molecule has 0 spiro atoms. The van der Waals surface area contributed by atoms with Crippen LogP contribution in [0.25, 0.3) is 11.5 Å². The van der Waals surface area contributed by atoms with Crippen LogP contribution in [0.2, 0.25) is 0 Å². The van der Waals surface area contributed by atoms with Crippen molar-refractivity contribution in [1.82, 2.24) is 19.2 Å². The summed E-state index contributed by atoms with van der Waals surface area (Å²) in [6.45, 7) is 8.74. The average Bonchev–Trinajstić information content (AvgIpc) is 3.52. The van der Waals surface area contributed by atoms with Gasteiger partial charge in [-0.05, 0) is 68.7 Å². The maximum atomic E-state index is 14.2. The number of benzene rings is 3. The summed E-state index contributed by atoms with van der Waals surface area (Å²) >= 11 is 0. The predicted octanol–water partition coefficient (Wildman–Crippen LogP) is 7.29. The van der Waals surface area contributed by atoms with Gasteiger partial charge in [-0.1, -0.05) is 72.6 Å². The molecular formula is C33H33N5O. The summed E-state index contributed by atoms with van der Waals surface area (Å²) in [6, 6.07) is 28.6. The number of nitrogens with one attached hydrogen (secondary N) is 1. The summed E-state index contributed by atoms with van der Waals surface area (Å²) in [6.07, 6.45) is 2.85. The number of carbonyl (C=O) groups is 1. The maximum Gasteiger partial charge on any atom is 0.322 e. The minimum absolute atomic E-state index is 0.136. The fraction of sp³-hybridized carbons (Fsp3) is 0.212. The summed E-state index contributed by atoms with van der Waals surface area (Å²) in [4.78, 5) is 16.2. The van der Waals surface area contributed by atoms with Crippen LogP contribution in [0.15, 0.2) is 91.1 Å². The van der Waals surface area contributed by atoms with E-state index in [1.807, 2.05) is 46.8 Å². The Morgan fingerprint density at radius 2 is 1.67 bits per heavy atom. The van der Waals surface area contributed by atoms with Crippen LogP contribution in [-0.4, -0.2) is 25.3 Å². The number of rotatable bonds is 4. The summed E-state index contributed by atoms with van der Waals surface area (Å²) < 4.78 is 4.23. The molecule has 3 aromatic carbocycles. The van der Waals surface area contributed by atoms with Crippen LogP contribution in [0.3, 0.4) is 0 Å². The quantitative estimate of drug-likeness (QED) is 0.273. The molecule has 3 heterocycles. The van der Waals surface area contributed by atoms with Crippen molar-refractivity contribution in [3.8, 4) is 11.5 Å². The number of aromatic nitrogens is 3. The first kappa shape index (κ1) is 24.7. The van der Waals surface area contributed by atoms with Crippen molar-refractivity contribution in [3.05, 3.63) is 130 Å². The van der Waals surface area contributed by atoms with Crippen LogP contribution in [0.5, 0.6) is 0 Å². The maximum absolute atomic E-state index is 14.2. The SMILES string of the molecule is CCc1nn(-c2ccccc2)c2c1CN(C(=O)Nc1ccc(C)cc1C)C(c1ccc(C)cc1)c1cccn1-2. The Morgan fingerprint density at radius 1 is 0.923 bits per heavy atom. The zero-order valence-electron chi connectivity index (χ0n) is 22.8. The lowest BCUT2D eigenvalue weighted by atomic mass is 10.0.